The second kappa shape index (κ2) is 4.09. The Morgan fingerprint density at radius 1 is 1.06 bits per heavy atom. The van der Waals surface area contributed by atoms with Crippen molar-refractivity contribution in [3.63, 3.8) is 0 Å². The van der Waals surface area contributed by atoms with Crippen molar-refractivity contribution in [3.05, 3.63) is 11.5 Å². The first-order valence-electron chi connectivity index (χ1n) is 6.76. The smallest absolute Gasteiger partial charge is 0.400 e. The Morgan fingerprint density at radius 3 is 2.06 bits per heavy atom. The topological polar surface area (TPSA) is 27.7 Å². The van der Waals surface area contributed by atoms with Gasteiger partial charge in [-0.2, -0.15) is 0 Å². The van der Waals surface area contributed by atoms with Crippen LogP contribution in [0.3, 0.4) is 0 Å². The van der Waals surface area contributed by atoms with Crippen molar-refractivity contribution in [3.8, 4) is 0 Å². The molecule has 4 heteroatoms. The average Bonchev–Trinajstić information content (AvgIpc) is 2.40. The van der Waals surface area contributed by atoms with E-state index in [1.165, 1.54) is 5.47 Å². The van der Waals surface area contributed by atoms with Crippen LogP contribution in [0, 0.1) is 5.92 Å². The molecule has 2 aliphatic rings. The minimum Gasteiger partial charge on any atom is -0.400 e. The van der Waals surface area contributed by atoms with E-state index in [0.717, 1.165) is 6.61 Å². The quantitative estimate of drug-likeness (QED) is 0.671. The number of ether oxygens (including phenoxy) is 1. The SMILES string of the molecule is C[C@H]1COC(C)(C)C=C1B1OC(C)(C)C(C)(C)O1. The molecule has 0 spiro atoms. The highest BCUT2D eigenvalue weighted by Gasteiger charge is 2.53. The van der Waals surface area contributed by atoms with Gasteiger partial charge in [-0.3, -0.25) is 0 Å². The molecule has 102 valence electrons. The zero-order valence-electron chi connectivity index (χ0n) is 12.7. The van der Waals surface area contributed by atoms with Crippen LogP contribution in [0.4, 0.5) is 0 Å². The van der Waals surface area contributed by atoms with Gasteiger partial charge in [0.2, 0.25) is 0 Å². The highest BCUT2D eigenvalue weighted by Crippen LogP contribution is 2.41. The van der Waals surface area contributed by atoms with Crippen LogP contribution < -0.4 is 0 Å². The minimum absolute atomic E-state index is 0.231. The molecular formula is C14H25BO3. The zero-order chi connectivity index (χ0) is 13.8. The van der Waals surface area contributed by atoms with E-state index in [1.54, 1.807) is 0 Å². The van der Waals surface area contributed by atoms with Crippen LogP contribution in [0.5, 0.6) is 0 Å². The van der Waals surface area contributed by atoms with Crippen molar-refractivity contribution < 1.29 is 14.0 Å². The van der Waals surface area contributed by atoms with Crippen LogP contribution in [-0.4, -0.2) is 30.5 Å². The van der Waals surface area contributed by atoms with Crippen molar-refractivity contribution in [2.75, 3.05) is 6.61 Å². The molecule has 0 radical (unpaired) electrons. The molecule has 0 amide bonds. The van der Waals surface area contributed by atoms with E-state index < -0.39 is 0 Å². The van der Waals surface area contributed by atoms with Gasteiger partial charge < -0.3 is 14.0 Å². The molecular weight excluding hydrogens is 227 g/mol. The zero-order valence-corrected chi connectivity index (χ0v) is 12.7. The second-order valence-corrected chi connectivity index (χ2v) is 7.05. The molecule has 1 fully saturated rings. The summed E-state index contributed by atoms with van der Waals surface area (Å²) >= 11 is 0. The summed E-state index contributed by atoms with van der Waals surface area (Å²) in [5.41, 5.74) is 0.428. The van der Waals surface area contributed by atoms with Crippen LogP contribution in [0.1, 0.15) is 48.5 Å². The van der Waals surface area contributed by atoms with Crippen molar-refractivity contribution in [2.24, 2.45) is 5.92 Å². The van der Waals surface area contributed by atoms with Gasteiger partial charge in [-0.05, 0) is 52.9 Å². The summed E-state index contributed by atoms with van der Waals surface area (Å²) in [5.74, 6) is 0.340. The molecule has 0 aromatic heterocycles. The van der Waals surface area contributed by atoms with Gasteiger partial charge in [-0.1, -0.05) is 13.0 Å². The Balaban J connectivity index is 2.26. The molecule has 0 saturated carbocycles. The van der Waals surface area contributed by atoms with Crippen molar-refractivity contribution in [2.45, 2.75) is 65.3 Å². The van der Waals surface area contributed by atoms with Gasteiger partial charge >= 0.3 is 7.12 Å². The molecule has 1 atom stereocenters. The van der Waals surface area contributed by atoms with Gasteiger partial charge in [-0.15, -0.1) is 0 Å². The minimum atomic E-state index is -0.277. The molecule has 1 saturated heterocycles. The van der Waals surface area contributed by atoms with Gasteiger partial charge in [0.25, 0.3) is 0 Å². The van der Waals surface area contributed by atoms with Crippen LogP contribution in [0.2, 0.25) is 0 Å². The molecule has 0 aromatic carbocycles. The van der Waals surface area contributed by atoms with E-state index in [4.69, 9.17) is 14.0 Å². The summed E-state index contributed by atoms with van der Waals surface area (Å²) < 4.78 is 18.0. The molecule has 18 heavy (non-hydrogen) atoms. The van der Waals surface area contributed by atoms with Gasteiger partial charge in [0.05, 0.1) is 23.4 Å². The maximum atomic E-state index is 6.12. The molecule has 0 aliphatic carbocycles. The van der Waals surface area contributed by atoms with Gasteiger partial charge in [0.1, 0.15) is 0 Å². The maximum Gasteiger partial charge on any atom is 0.490 e. The molecule has 2 aliphatic heterocycles. The van der Waals surface area contributed by atoms with Crippen LogP contribution in [-0.2, 0) is 14.0 Å². The second-order valence-electron chi connectivity index (χ2n) is 7.05. The highest BCUT2D eigenvalue weighted by molar-refractivity contribution is 6.54. The normalized spacial score (nSPS) is 33.4. The Bertz CT molecular complexity index is 355. The molecule has 2 rings (SSSR count). The molecule has 0 bridgehead atoms. The standard InChI is InChI=1S/C14H25BO3/c1-10-9-16-12(2,3)8-11(10)15-17-13(4,5)14(6,7)18-15/h8,10H,9H2,1-7H3/t10-/m0/s1. The van der Waals surface area contributed by atoms with Gasteiger partial charge in [-0.25, -0.2) is 0 Å². The first-order chi connectivity index (χ1) is 8.04. The third-order valence-corrected chi connectivity index (χ3v) is 4.31. The monoisotopic (exact) mass is 252 g/mol. The first-order valence-corrected chi connectivity index (χ1v) is 6.76. The van der Waals surface area contributed by atoms with E-state index in [0.29, 0.717) is 5.92 Å². The number of hydrogen-bond donors (Lipinski definition) is 0. The molecule has 3 nitrogen and oxygen atoms in total. The summed E-state index contributed by atoms with van der Waals surface area (Å²) in [5, 5.41) is 0. The molecule has 0 unspecified atom stereocenters. The lowest BCUT2D eigenvalue weighted by Crippen LogP contribution is -2.41. The van der Waals surface area contributed by atoms with E-state index in [-0.39, 0.29) is 23.9 Å². The Morgan fingerprint density at radius 2 is 1.56 bits per heavy atom. The number of hydrogen-bond acceptors (Lipinski definition) is 3. The van der Waals surface area contributed by atoms with Crippen LogP contribution in [0.15, 0.2) is 11.5 Å². The molecule has 0 N–H and O–H groups in total. The van der Waals surface area contributed by atoms with E-state index in [1.807, 2.05) is 0 Å². The van der Waals surface area contributed by atoms with Crippen LogP contribution >= 0.6 is 0 Å². The van der Waals surface area contributed by atoms with E-state index in [2.05, 4.69) is 54.5 Å². The maximum absolute atomic E-state index is 6.12. The summed E-state index contributed by atoms with van der Waals surface area (Å²) in [4.78, 5) is 0. The molecule has 0 aromatic rings. The van der Waals surface area contributed by atoms with Crippen molar-refractivity contribution >= 4 is 7.12 Å². The predicted octanol–water partition coefficient (Wildman–Crippen LogP) is 2.99. The van der Waals surface area contributed by atoms with E-state index >= 15 is 0 Å². The summed E-state index contributed by atoms with van der Waals surface area (Å²) in [7, 11) is -0.242. The lowest BCUT2D eigenvalue weighted by atomic mass is 9.69. The van der Waals surface area contributed by atoms with Gasteiger partial charge in [0.15, 0.2) is 0 Å². The van der Waals surface area contributed by atoms with Crippen molar-refractivity contribution in [1.82, 2.24) is 0 Å². The first kappa shape index (κ1) is 14.1. The fourth-order valence-corrected chi connectivity index (χ4v) is 2.30. The fraction of sp³-hybridized carbons (Fsp3) is 0.857. The summed E-state index contributed by atoms with van der Waals surface area (Å²) in [6.45, 7) is 15.4. The fourth-order valence-electron chi connectivity index (χ4n) is 2.30. The Labute approximate surface area is 111 Å². The average molecular weight is 252 g/mol. The lowest BCUT2D eigenvalue weighted by Gasteiger charge is -2.33. The van der Waals surface area contributed by atoms with Gasteiger partial charge in [0, 0.05) is 0 Å². The van der Waals surface area contributed by atoms with E-state index in [9.17, 15) is 0 Å². The largest absolute Gasteiger partial charge is 0.490 e. The van der Waals surface area contributed by atoms with Crippen LogP contribution in [0.25, 0.3) is 0 Å². The third-order valence-electron chi connectivity index (χ3n) is 4.31. The molecule has 2 heterocycles. The Hall–Kier alpha value is -0.315. The third kappa shape index (κ3) is 2.38. The summed E-state index contributed by atoms with van der Waals surface area (Å²) in [6.07, 6.45) is 2.16. The van der Waals surface area contributed by atoms with Crippen molar-refractivity contribution in [1.29, 1.82) is 0 Å². The summed E-state index contributed by atoms with van der Waals surface area (Å²) in [6, 6.07) is 0. The number of rotatable bonds is 1. The lowest BCUT2D eigenvalue weighted by molar-refractivity contribution is -0.00520. The highest BCUT2D eigenvalue weighted by atomic mass is 16.7. The Kier molecular flexibility index (Phi) is 3.20. The predicted molar refractivity (Wildman–Crippen MR) is 73.4 cm³/mol.